The van der Waals surface area contributed by atoms with E-state index in [9.17, 15) is 9.18 Å². The van der Waals surface area contributed by atoms with Gasteiger partial charge in [0.25, 0.3) is 5.91 Å². The van der Waals surface area contributed by atoms with E-state index >= 15 is 0 Å². The molecular formula is C21H16BrFN4OS2. The van der Waals surface area contributed by atoms with Crippen LogP contribution in [0.3, 0.4) is 0 Å². The van der Waals surface area contributed by atoms with E-state index in [1.54, 1.807) is 28.8 Å². The van der Waals surface area contributed by atoms with Crippen molar-refractivity contribution in [3.8, 4) is 0 Å². The van der Waals surface area contributed by atoms with Crippen LogP contribution in [-0.4, -0.2) is 22.3 Å². The number of amides is 1. The summed E-state index contributed by atoms with van der Waals surface area (Å²) in [5.74, 6) is 0.426. The van der Waals surface area contributed by atoms with E-state index in [2.05, 4.69) is 43.5 Å². The molecule has 2 aliphatic rings. The third-order valence-corrected chi connectivity index (χ3v) is 7.37. The average Bonchev–Trinajstić information content (AvgIpc) is 3.39. The minimum absolute atomic E-state index is 0.0487. The topological polar surface area (TPSA) is 47.9 Å². The second-order valence-electron chi connectivity index (χ2n) is 6.88. The molecule has 5 rings (SSSR count). The highest BCUT2D eigenvalue weighted by molar-refractivity contribution is 9.10. The zero-order valence-corrected chi connectivity index (χ0v) is 18.8. The highest BCUT2D eigenvalue weighted by Gasteiger charge is 2.43. The van der Waals surface area contributed by atoms with E-state index in [1.807, 2.05) is 23.6 Å². The van der Waals surface area contributed by atoms with E-state index in [-0.39, 0.29) is 11.7 Å². The van der Waals surface area contributed by atoms with Gasteiger partial charge in [-0.3, -0.25) is 20.0 Å². The van der Waals surface area contributed by atoms with Gasteiger partial charge in [-0.05, 0) is 46.8 Å². The predicted molar refractivity (Wildman–Crippen MR) is 123 cm³/mol. The molecule has 0 radical (unpaired) electrons. The number of nitrogens with one attached hydrogen (secondary N) is 1. The highest BCUT2D eigenvalue weighted by atomic mass is 79.9. The summed E-state index contributed by atoms with van der Waals surface area (Å²) >= 11 is 6.51. The van der Waals surface area contributed by atoms with Gasteiger partial charge in [-0.25, -0.2) is 4.39 Å². The highest BCUT2D eigenvalue weighted by Crippen LogP contribution is 2.39. The Balaban J connectivity index is 1.39. The number of carbonyl (C=O) groups excluding carboxylic acids is 1. The largest absolute Gasteiger partial charge is 0.294 e. The molecule has 9 heteroatoms. The number of thiophene rings is 1. The maximum Gasteiger partial charge on any atom is 0.269 e. The van der Waals surface area contributed by atoms with E-state index < -0.39 is 6.29 Å². The van der Waals surface area contributed by atoms with Gasteiger partial charge in [0.15, 0.2) is 5.17 Å². The first-order valence-electron chi connectivity index (χ1n) is 9.23. The Kier molecular flexibility index (Phi) is 5.26. The van der Waals surface area contributed by atoms with Gasteiger partial charge in [-0.1, -0.05) is 52.0 Å². The van der Waals surface area contributed by atoms with Crippen LogP contribution in [0.2, 0.25) is 0 Å². The minimum atomic E-state index is -0.405. The number of thioether (sulfide) groups is 1. The molecule has 1 N–H and O–H groups in total. The number of rotatable bonds is 4. The third kappa shape index (κ3) is 3.61. The smallest absolute Gasteiger partial charge is 0.269 e. The summed E-state index contributed by atoms with van der Waals surface area (Å²) in [6, 6.07) is 16.4. The summed E-state index contributed by atoms with van der Waals surface area (Å²) in [6.07, 6.45) is -0.405. The molecule has 1 aromatic heterocycles. The first-order chi connectivity index (χ1) is 14.6. The molecule has 0 spiro atoms. The van der Waals surface area contributed by atoms with E-state index in [0.29, 0.717) is 11.4 Å². The molecule has 0 saturated carbocycles. The molecule has 0 aliphatic carbocycles. The Morgan fingerprint density at radius 1 is 1.10 bits per heavy atom. The third-order valence-electron chi connectivity index (χ3n) is 4.93. The molecule has 5 nitrogen and oxygen atoms in total. The Morgan fingerprint density at radius 2 is 1.83 bits per heavy atom. The number of fused-ring (bicyclic) bond motifs is 3. The van der Waals surface area contributed by atoms with E-state index in [4.69, 9.17) is 0 Å². The predicted octanol–water partition coefficient (Wildman–Crippen LogP) is 5.20. The number of anilines is 1. The lowest BCUT2D eigenvalue weighted by Crippen LogP contribution is -2.57. The van der Waals surface area contributed by atoms with Gasteiger partial charge in [0.1, 0.15) is 10.7 Å². The zero-order chi connectivity index (χ0) is 20.7. The summed E-state index contributed by atoms with van der Waals surface area (Å²) in [5, 5.41) is 7.27. The van der Waals surface area contributed by atoms with Crippen LogP contribution < -0.4 is 10.3 Å². The Morgan fingerprint density at radius 3 is 2.60 bits per heavy atom. The van der Waals surface area contributed by atoms with Gasteiger partial charge in [0, 0.05) is 16.8 Å². The average molecular weight is 503 g/mol. The SMILES string of the molecule is O=C1c2sccc2N2C(SCc3ccc(Br)cc3)=NNC2N1Cc1ccc(F)cc1. The summed E-state index contributed by atoms with van der Waals surface area (Å²) in [6.45, 7) is 0.366. The van der Waals surface area contributed by atoms with Gasteiger partial charge < -0.3 is 0 Å². The number of hydrogen-bond donors (Lipinski definition) is 1. The molecule has 0 fully saturated rings. The Bertz CT molecular complexity index is 1120. The standard InChI is InChI=1S/C21H16BrFN4OS2/c22-15-5-1-14(2-6-15)12-30-21-25-24-20-26(11-13-3-7-16(23)8-4-13)19(28)18-17(27(20)21)9-10-29-18/h1-10,20,24H,11-12H2. The van der Waals surface area contributed by atoms with Crippen molar-refractivity contribution < 1.29 is 9.18 Å². The molecule has 1 amide bonds. The molecule has 0 saturated heterocycles. The number of amidine groups is 1. The molecule has 1 atom stereocenters. The quantitative estimate of drug-likeness (QED) is 0.532. The fraction of sp³-hybridized carbons (Fsp3) is 0.143. The van der Waals surface area contributed by atoms with Gasteiger partial charge >= 0.3 is 0 Å². The van der Waals surface area contributed by atoms with E-state index in [0.717, 1.165) is 26.6 Å². The Labute approximate surface area is 189 Å². The molecule has 3 heterocycles. The van der Waals surface area contributed by atoms with Gasteiger partial charge in [-0.15, -0.1) is 11.3 Å². The summed E-state index contributed by atoms with van der Waals surface area (Å²) in [4.78, 5) is 17.6. The molecule has 2 aliphatic heterocycles. The van der Waals surface area contributed by atoms with Crippen LogP contribution in [0.1, 0.15) is 20.8 Å². The van der Waals surface area contributed by atoms with Crippen LogP contribution in [0.4, 0.5) is 10.1 Å². The van der Waals surface area contributed by atoms with Crippen molar-refractivity contribution in [1.82, 2.24) is 10.3 Å². The van der Waals surface area contributed by atoms with Gasteiger partial charge in [-0.2, -0.15) is 5.10 Å². The van der Waals surface area contributed by atoms with Crippen LogP contribution in [-0.2, 0) is 12.3 Å². The summed E-state index contributed by atoms with van der Waals surface area (Å²) < 4.78 is 14.3. The monoisotopic (exact) mass is 502 g/mol. The van der Waals surface area contributed by atoms with E-state index in [1.165, 1.54) is 29.0 Å². The van der Waals surface area contributed by atoms with Crippen LogP contribution in [0.25, 0.3) is 0 Å². The van der Waals surface area contributed by atoms with Gasteiger partial charge in [0.05, 0.1) is 5.69 Å². The molecule has 30 heavy (non-hydrogen) atoms. The van der Waals surface area contributed by atoms with Crippen molar-refractivity contribution in [1.29, 1.82) is 0 Å². The lowest BCUT2D eigenvalue weighted by Gasteiger charge is -2.39. The van der Waals surface area contributed by atoms with Crippen LogP contribution in [0, 0.1) is 5.82 Å². The van der Waals surface area contributed by atoms with Crippen molar-refractivity contribution in [2.24, 2.45) is 5.10 Å². The fourth-order valence-corrected chi connectivity index (χ4v) is 5.49. The lowest BCUT2D eigenvalue weighted by atomic mass is 10.1. The summed E-state index contributed by atoms with van der Waals surface area (Å²) in [5.41, 5.74) is 6.04. The number of halogens is 2. The molecule has 1 unspecified atom stereocenters. The Hall–Kier alpha value is -2.36. The second kappa shape index (κ2) is 8.05. The summed E-state index contributed by atoms with van der Waals surface area (Å²) in [7, 11) is 0. The second-order valence-corrected chi connectivity index (χ2v) is 9.65. The van der Waals surface area contributed by atoms with Crippen molar-refractivity contribution >= 4 is 55.8 Å². The molecule has 0 bridgehead atoms. The first kappa shape index (κ1) is 19.6. The van der Waals surface area contributed by atoms with Crippen molar-refractivity contribution in [3.05, 3.63) is 86.3 Å². The lowest BCUT2D eigenvalue weighted by molar-refractivity contribution is 0.0629. The first-order valence-corrected chi connectivity index (χ1v) is 11.9. The molecular weight excluding hydrogens is 487 g/mol. The number of benzene rings is 2. The molecule has 152 valence electrons. The normalized spacial score (nSPS) is 17.5. The van der Waals surface area contributed by atoms with Crippen molar-refractivity contribution in [3.63, 3.8) is 0 Å². The van der Waals surface area contributed by atoms with Crippen LogP contribution in [0.15, 0.2) is 69.6 Å². The van der Waals surface area contributed by atoms with Crippen LogP contribution in [0.5, 0.6) is 0 Å². The maximum absolute atomic E-state index is 13.3. The molecule has 2 aromatic carbocycles. The maximum atomic E-state index is 13.3. The zero-order valence-electron chi connectivity index (χ0n) is 15.6. The number of carbonyl (C=O) groups is 1. The van der Waals surface area contributed by atoms with Crippen molar-refractivity contribution in [2.45, 2.75) is 18.6 Å². The van der Waals surface area contributed by atoms with Crippen molar-refractivity contribution in [2.75, 3.05) is 4.90 Å². The molecule has 3 aromatic rings. The number of nitrogens with zero attached hydrogens (tertiary/aromatic N) is 3. The number of hydrogen-bond acceptors (Lipinski definition) is 6. The fourth-order valence-electron chi connectivity index (χ4n) is 3.44. The van der Waals surface area contributed by atoms with Gasteiger partial charge in [0.2, 0.25) is 6.29 Å². The minimum Gasteiger partial charge on any atom is -0.294 e. The number of hydrazone groups is 1. The van der Waals surface area contributed by atoms with Crippen LogP contribution >= 0.6 is 39.0 Å².